The van der Waals surface area contributed by atoms with Crippen LogP contribution < -0.4 is 5.32 Å². The van der Waals surface area contributed by atoms with Gasteiger partial charge < -0.3 is 5.32 Å². The molecule has 26 heavy (non-hydrogen) atoms. The first kappa shape index (κ1) is 16.8. The first-order valence-corrected chi connectivity index (χ1v) is 9.04. The standard InChI is InChI=1S/C23H23NO2/c1-13(2)11-19-20(23(19,3)4)22(26)24-14-9-10-16-15-7-5-6-8-17(15)21(25)18(16)12-14/h5-12,19-20H,1-4H3,(H,24,26)/t19-,20+/m1/s1. The largest absolute Gasteiger partial charge is 0.326 e. The highest BCUT2D eigenvalue weighted by molar-refractivity contribution is 6.22. The summed E-state index contributed by atoms with van der Waals surface area (Å²) < 4.78 is 0. The lowest BCUT2D eigenvalue weighted by atomic mass is 10.1. The monoisotopic (exact) mass is 345 g/mol. The maximum atomic E-state index is 12.8. The van der Waals surface area contributed by atoms with Crippen molar-refractivity contribution < 1.29 is 9.59 Å². The quantitative estimate of drug-likeness (QED) is 0.673. The van der Waals surface area contributed by atoms with Crippen LogP contribution in [0.3, 0.4) is 0 Å². The summed E-state index contributed by atoms with van der Waals surface area (Å²) in [5, 5.41) is 3.02. The zero-order chi connectivity index (χ0) is 18.6. The van der Waals surface area contributed by atoms with Crippen LogP contribution in [0, 0.1) is 17.3 Å². The minimum atomic E-state index is -0.0291. The van der Waals surface area contributed by atoms with Crippen molar-refractivity contribution >= 4 is 17.4 Å². The molecule has 0 unspecified atom stereocenters. The molecule has 1 amide bonds. The SMILES string of the molecule is CC(C)=C[C@@H]1[C@@H](C(=O)Nc2ccc3c(c2)C(=O)c2ccccc2-3)C1(C)C. The minimum Gasteiger partial charge on any atom is -0.326 e. The van der Waals surface area contributed by atoms with E-state index in [9.17, 15) is 9.59 Å². The number of allylic oxidation sites excluding steroid dienone is 2. The number of fused-ring (bicyclic) bond motifs is 3. The maximum Gasteiger partial charge on any atom is 0.228 e. The van der Waals surface area contributed by atoms with Crippen LogP contribution in [0.5, 0.6) is 0 Å². The molecule has 2 aromatic rings. The summed E-state index contributed by atoms with van der Waals surface area (Å²) >= 11 is 0. The molecule has 2 aliphatic rings. The predicted molar refractivity (Wildman–Crippen MR) is 104 cm³/mol. The second-order valence-electron chi connectivity index (χ2n) is 8.19. The van der Waals surface area contributed by atoms with E-state index >= 15 is 0 Å². The molecule has 2 aliphatic carbocycles. The van der Waals surface area contributed by atoms with Gasteiger partial charge in [-0.25, -0.2) is 0 Å². The van der Waals surface area contributed by atoms with Crippen LogP contribution in [0.2, 0.25) is 0 Å². The minimum absolute atomic E-state index is 0.0237. The summed E-state index contributed by atoms with van der Waals surface area (Å²) in [4.78, 5) is 25.4. The number of anilines is 1. The molecule has 0 aromatic heterocycles. The van der Waals surface area contributed by atoms with Gasteiger partial charge in [-0.15, -0.1) is 0 Å². The van der Waals surface area contributed by atoms with Gasteiger partial charge in [0.1, 0.15) is 0 Å². The Morgan fingerprint density at radius 2 is 1.65 bits per heavy atom. The van der Waals surface area contributed by atoms with Crippen LogP contribution >= 0.6 is 0 Å². The Morgan fingerprint density at radius 3 is 2.35 bits per heavy atom. The molecule has 0 aliphatic heterocycles. The van der Waals surface area contributed by atoms with Gasteiger partial charge >= 0.3 is 0 Å². The highest BCUT2D eigenvalue weighted by Crippen LogP contribution is 2.59. The van der Waals surface area contributed by atoms with Gasteiger partial charge in [-0.1, -0.05) is 55.8 Å². The summed E-state index contributed by atoms with van der Waals surface area (Å²) in [5.74, 6) is 0.299. The zero-order valence-electron chi connectivity index (χ0n) is 15.6. The summed E-state index contributed by atoms with van der Waals surface area (Å²) in [5.41, 5.74) is 5.21. The maximum absolute atomic E-state index is 12.8. The molecule has 4 rings (SSSR count). The Bertz CT molecular complexity index is 964. The van der Waals surface area contributed by atoms with Crippen molar-refractivity contribution in [1.82, 2.24) is 0 Å². The number of hydrogen-bond acceptors (Lipinski definition) is 2. The number of nitrogens with one attached hydrogen (secondary N) is 1. The lowest BCUT2D eigenvalue weighted by Crippen LogP contribution is -2.17. The average molecular weight is 345 g/mol. The molecule has 0 spiro atoms. The summed E-state index contributed by atoms with van der Waals surface area (Å²) in [6.07, 6.45) is 2.19. The molecule has 0 heterocycles. The Hall–Kier alpha value is -2.68. The van der Waals surface area contributed by atoms with Crippen molar-refractivity contribution in [1.29, 1.82) is 0 Å². The highest BCUT2D eigenvalue weighted by atomic mass is 16.2. The van der Waals surface area contributed by atoms with E-state index in [0.29, 0.717) is 11.3 Å². The number of benzene rings is 2. The van der Waals surface area contributed by atoms with Gasteiger partial charge in [-0.05, 0) is 48.4 Å². The van der Waals surface area contributed by atoms with Crippen molar-refractivity contribution in [3.05, 3.63) is 65.2 Å². The summed E-state index contributed by atoms with van der Waals surface area (Å²) in [7, 11) is 0. The summed E-state index contributed by atoms with van der Waals surface area (Å²) in [6, 6.07) is 13.3. The van der Waals surface area contributed by atoms with E-state index in [1.165, 1.54) is 5.57 Å². The number of carbonyl (C=O) groups excluding carboxylic acids is 2. The van der Waals surface area contributed by atoms with E-state index in [-0.39, 0.29) is 28.9 Å². The van der Waals surface area contributed by atoms with Gasteiger partial charge in [0.2, 0.25) is 5.91 Å². The second kappa shape index (κ2) is 5.66. The van der Waals surface area contributed by atoms with Crippen molar-refractivity contribution in [2.45, 2.75) is 27.7 Å². The van der Waals surface area contributed by atoms with Gasteiger partial charge in [0, 0.05) is 16.8 Å². The van der Waals surface area contributed by atoms with E-state index in [2.05, 4.69) is 39.1 Å². The third-order valence-electron chi connectivity index (χ3n) is 5.70. The molecule has 2 atom stereocenters. The zero-order valence-corrected chi connectivity index (χ0v) is 15.6. The number of ketones is 1. The van der Waals surface area contributed by atoms with E-state index in [1.807, 2.05) is 36.4 Å². The number of amides is 1. The van der Waals surface area contributed by atoms with Crippen molar-refractivity contribution in [3.8, 4) is 11.1 Å². The van der Waals surface area contributed by atoms with Crippen LogP contribution in [0.15, 0.2) is 54.1 Å². The lowest BCUT2D eigenvalue weighted by Gasteiger charge is -2.08. The van der Waals surface area contributed by atoms with E-state index in [4.69, 9.17) is 0 Å². The van der Waals surface area contributed by atoms with Crippen LogP contribution in [0.4, 0.5) is 5.69 Å². The van der Waals surface area contributed by atoms with Crippen LogP contribution in [0.1, 0.15) is 43.6 Å². The molecule has 0 saturated heterocycles. The molecule has 1 saturated carbocycles. The molecule has 2 aromatic carbocycles. The van der Waals surface area contributed by atoms with Gasteiger partial charge in [-0.3, -0.25) is 9.59 Å². The Morgan fingerprint density at radius 1 is 1.00 bits per heavy atom. The number of carbonyl (C=O) groups is 2. The molecule has 0 radical (unpaired) electrons. The average Bonchev–Trinajstić information content (AvgIpc) is 3.00. The second-order valence-corrected chi connectivity index (χ2v) is 8.19. The van der Waals surface area contributed by atoms with Crippen molar-refractivity contribution in [2.75, 3.05) is 5.32 Å². The molecule has 0 bridgehead atoms. The highest BCUT2D eigenvalue weighted by Gasteiger charge is 2.60. The Balaban J connectivity index is 1.57. The molecule has 132 valence electrons. The Kier molecular flexibility index (Phi) is 3.65. The van der Waals surface area contributed by atoms with E-state index < -0.39 is 0 Å². The fourth-order valence-corrected chi connectivity index (χ4v) is 4.17. The number of hydrogen-bond donors (Lipinski definition) is 1. The molecule has 1 N–H and O–H groups in total. The lowest BCUT2D eigenvalue weighted by molar-refractivity contribution is -0.118. The molecular formula is C23H23NO2. The van der Waals surface area contributed by atoms with Gasteiger partial charge in [0.25, 0.3) is 0 Å². The van der Waals surface area contributed by atoms with E-state index in [0.717, 1.165) is 16.7 Å². The molecule has 3 heteroatoms. The topological polar surface area (TPSA) is 46.2 Å². The molecule has 1 fully saturated rings. The smallest absolute Gasteiger partial charge is 0.228 e. The van der Waals surface area contributed by atoms with E-state index in [1.54, 1.807) is 6.07 Å². The predicted octanol–water partition coefficient (Wildman–Crippen LogP) is 5.07. The fourth-order valence-electron chi connectivity index (χ4n) is 4.17. The Labute approximate surface area is 154 Å². The third kappa shape index (κ3) is 2.50. The van der Waals surface area contributed by atoms with Gasteiger partial charge in [0.05, 0.1) is 5.92 Å². The van der Waals surface area contributed by atoms with Crippen LogP contribution in [0.25, 0.3) is 11.1 Å². The fraction of sp³-hybridized carbons (Fsp3) is 0.304. The summed E-state index contributed by atoms with van der Waals surface area (Å²) in [6.45, 7) is 8.38. The van der Waals surface area contributed by atoms with Gasteiger partial charge in [0.15, 0.2) is 5.78 Å². The van der Waals surface area contributed by atoms with Crippen LogP contribution in [-0.4, -0.2) is 11.7 Å². The van der Waals surface area contributed by atoms with Gasteiger partial charge in [-0.2, -0.15) is 0 Å². The first-order chi connectivity index (χ1) is 12.3. The van der Waals surface area contributed by atoms with Crippen molar-refractivity contribution in [2.24, 2.45) is 17.3 Å². The molecular weight excluding hydrogens is 322 g/mol. The first-order valence-electron chi connectivity index (χ1n) is 9.04. The van der Waals surface area contributed by atoms with Crippen molar-refractivity contribution in [3.63, 3.8) is 0 Å². The van der Waals surface area contributed by atoms with Crippen LogP contribution in [-0.2, 0) is 4.79 Å². The third-order valence-corrected chi connectivity index (χ3v) is 5.70. The normalized spacial score (nSPS) is 21.6. The number of rotatable bonds is 3. The molecule has 3 nitrogen and oxygen atoms in total.